The molecule has 2 rings (SSSR count). The minimum atomic E-state index is -0.777. The van der Waals surface area contributed by atoms with Gasteiger partial charge in [-0.3, -0.25) is 4.79 Å². The van der Waals surface area contributed by atoms with Gasteiger partial charge in [0.25, 0.3) is 5.91 Å². The van der Waals surface area contributed by atoms with Crippen molar-refractivity contribution >= 4 is 17.2 Å². The molecule has 0 saturated carbocycles. The van der Waals surface area contributed by atoms with Crippen molar-refractivity contribution in [3.63, 3.8) is 0 Å². The zero-order chi connectivity index (χ0) is 15.2. The quantitative estimate of drug-likeness (QED) is 0.855. The average Bonchev–Trinajstić information content (AvgIpc) is 2.92. The van der Waals surface area contributed by atoms with Gasteiger partial charge in [-0.2, -0.15) is 0 Å². The van der Waals surface area contributed by atoms with Gasteiger partial charge in [0.1, 0.15) is 18.2 Å². The number of thiophene rings is 1. The van der Waals surface area contributed by atoms with Crippen LogP contribution in [0.5, 0.6) is 0 Å². The van der Waals surface area contributed by atoms with E-state index in [1.807, 2.05) is 0 Å². The highest BCUT2D eigenvalue weighted by Gasteiger charge is 2.13. The largest absolute Gasteiger partial charge is 0.384 e. The zero-order valence-electron chi connectivity index (χ0n) is 10.8. The fourth-order valence-electron chi connectivity index (χ4n) is 1.65. The van der Waals surface area contributed by atoms with Crippen LogP contribution in [0, 0.1) is 23.5 Å². The summed E-state index contributed by atoms with van der Waals surface area (Å²) in [5, 5.41) is 13.0. The van der Waals surface area contributed by atoms with Crippen molar-refractivity contribution in [3.8, 4) is 11.8 Å². The molecule has 0 saturated heterocycles. The molecular weight excluding hydrogens is 296 g/mol. The molecule has 0 spiro atoms. The average molecular weight is 307 g/mol. The molecule has 0 radical (unpaired) electrons. The van der Waals surface area contributed by atoms with Crippen molar-refractivity contribution < 1.29 is 18.7 Å². The van der Waals surface area contributed by atoms with Gasteiger partial charge in [0, 0.05) is 10.4 Å². The third kappa shape index (κ3) is 3.88. The van der Waals surface area contributed by atoms with E-state index in [0.717, 1.165) is 23.1 Å². The van der Waals surface area contributed by atoms with Crippen molar-refractivity contribution in [3.05, 3.63) is 57.3 Å². The number of hydrogen-bond acceptors (Lipinski definition) is 3. The summed E-state index contributed by atoms with van der Waals surface area (Å²) in [4.78, 5) is 12.6. The smallest absolute Gasteiger partial charge is 0.254 e. The van der Waals surface area contributed by atoms with Gasteiger partial charge >= 0.3 is 0 Å². The molecule has 0 aliphatic heterocycles. The first-order chi connectivity index (χ1) is 10.1. The fraction of sp³-hybridized carbons (Fsp3) is 0.133. The minimum absolute atomic E-state index is 0.155. The molecule has 0 aliphatic rings. The van der Waals surface area contributed by atoms with Crippen LogP contribution < -0.4 is 5.32 Å². The Morgan fingerprint density at radius 2 is 2.14 bits per heavy atom. The minimum Gasteiger partial charge on any atom is -0.384 e. The SMILES string of the molecule is O=C(NCc1sccc1C#CCO)c1cc(F)ccc1F. The van der Waals surface area contributed by atoms with Crippen LogP contribution in [0.4, 0.5) is 8.78 Å². The normalized spacial score (nSPS) is 9.86. The molecule has 21 heavy (non-hydrogen) atoms. The number of benzene rings is 1. The lowest BCUT2D eigenvalue weighted by molar-refractivity contribution is 0.0946. The van der Waals surface area contributed by atoms with E-state index >= 15 is 0 Å². The molecule has 6 heteroatoms. The summed E-state index contributed by atoms with van der Waals surface area (Å²) in [7, 11) is 0. The Morgan fingerprint density at radius 3 is 2.90 bits per heavy atom. The molecule has 108 valence electrons. The summed E-state index contributed by atoms with van der Waals surface area (Å²) in [6.45, 7) is -0.0992. The maximum absolute atomic E-state index is 13.5. The van der Waals surface area contributed by atoms with E-state index < -0.39 is 17.5 Å². The molecule has 0 atom stereocenters. The predicted octanol–water partition coefficient (Wildman–Crippen LogP) is 2.30. The third-order valence-corrected chi connectivity index (χ3v) is 3.55. The second kappa shape index (κ2) is 6.97. The van der Waals surface area contributed by atoms with Crippen LogP contribution >= 0.6 is 11.3 Å². The molecular formula is C15H11F2NO2S. The molecule has 1 amide bonds. The summed E-state index contributed by atoms with van der Waals surface area (Å²) < 4.78 is 26.5. The Balaban J connectivity index is 2.08. The second-order valence-corrected chi connectivity index (χ2v) is 5.02. The Labute approximate surface area is 124 Å². The van der Waals surface area contributed by atoms with Crippen LogP contribution in [-0.4, -0.2) is 17.6 Å². The Kier molecular flexibility index (Phi) is 5.04. The summed E-state index contributed by atoms with van der Waals surface area (Å²) in [5.74, 6) is 3.12. The van der Waals surface area contributed by atoms with Crippen LogP contribution in [0.15, 0.2) is 29.6 Å². The van der Waals surface area contributed by atoms with Crippen LogP contribution in [-0.2, 0) is 6.54 Å². The van der Waals surface area contributed by atoms with Gasteiger partial charge in [-0.1, -0.05) is 11.8 Å². The number of nitrogens with one attached hydrogen (secondary N) is 1. The molecule has 0 unspecified atom stereocenters. The summed E-state index contributed by atoms with van der Waals surface area (Å²) >= 11 is 1.38. The lowest BCUT2D eigenvalue weighted by atomic mass is 10.2. The molecule has 3 nitrogen and oxygen atoms in total. The monoisotopic (exact) mass is 307 g/mol. The number of hydrogen-bond donors (Lipinski definition) is 2. The van der Waals surface area contributed by atoms with E-state index in [-0.39, 0.29) is 18.7 Å². The van der Waals surface area contributed by atoms with Crippen molar-refractivity contribution in [1.29, 1.82) is 0 Å². The first-order valence-corrected chi connectivity index (χ1v) is 6.89. The van der Waals surface area contributed by atoms with E-state index in [9.17, 15) is 13.6 Å². The topological polar surface area (TPSA) is 49.3 Å². The van der Waals surface area contributed by atoms with Crippen LogP contribution in [0.1, 0.15) is 20.8 Å². The number of carbonyl (C=O) groups is 1. The van der Waals surface area contributed by atoms with Gasteiger partial charge < -0.3 is 10.4 Å². The first-order valence-electron chi connectivity index (χ1n) is 6.01. The highest BCUT2D eigenvalue weighted by atomic mass is 32.1. The number of aliphatic hydroxyl groups is 1. The van der Waals surface area contributed by atoms with E-state index in [0.29, 0.717) is 5.56 Å². The van der Waals surface area contributed by atoms with Gasteiger partial charge in [0.2, 0.25) is 0 Å². The zero-order valence-corrected chi connectivity index (χ0v) is 11.6. The molecule has 0 aliphatic carbocycles. The number of aliphatic hydroxyl groups excluding tert-OH is 1. The van der Waals surface area contributed by atoms with Gasteiger partial charge in [0.15, 0.2) is 0 Å². The third-order valence-electron chi connectivity index (χ3n) is 2.63. The molecule has 0 bridgehead atoms. The summed E-state index contributed by atoms with van der Waals surface area (Å²) in [5.41, 5.74) is 0.351. The number of halogens is 2. The van der Waals surface area contributed by atoms with Crippen molar-refractivity contribution in [2.45, 2.75) is 6.54 Å². The van der Waals surface area contributed by atoms with Crippen molar-refractivity contribution in [2.24, 2.45) is 0 Å². The number of carbonyl (C=O) groups excluding carboxylic acids is 1. The fourth-order valence-corrected chi connectivity index (χ4v) is 2.42. The maximum Gasteiger partial charge on any atom is 0.254 e. The molecule has 2 aromatic rings. The molecule has 1 aromatic carbocycles. The molecule has 2 N–H and O–H groups in total. The van der Waals surface area contributed by atoms with Gasteiger partial charge in [-0.25, -0.2) is 8.78 Å². The van der Waals surface area contributed by atoms with E-state index in [1.54, 1.807) is 11.4 Å². The van der Waals surface area contributed by atoms with Crippen LogP contribution in [0.3, 0.4) is 0 Å². The Hall–Kier alpha value is -2.23. The standard InChI is InChI=1S/C15H11F2NO2S/c16-11-3-4-13(17)12(8-11)15(20)18-9-14-10(2-1-6-19)5-7-21-14/h3-5,7-8,19H,6,9H2,(H,18,20). The highest BCUT2D eigenvalue weighted by Crippen LogP contribution is 2.16. The summed E-state index contributed by atoms with van der Waals surface area (Å²) in [6, 6.07) is 4.48. The van der Waals surface area contributed by atoms with Gasteiger partial charge in [-0.15, -0.1) is 11.3 Å². The number of amides is 1. The van der Waals surface area contributed by atoms with Crippen LogP contribution in [0.25, 0.3) is 0 Å². The van der Waals surface area contributed by atoms with Gasteiger partial charge in [0.05, 0.1) is 12.1 Å². The molecule has 0 fully saturated rings. The first kappa shape index (κ1) is 15.2. The lowest BCUT2D eigenvalue weighted by Crippen LogP contribution is -2.23. The van der Waals surface area contributed by atoms with E-state index in [4.69, 9.17) is 5.11 Å². The van der Waals surface area contributed by atoms with Gasteiger partial charge in [-0.05, 0) is 29.6 Å². The lowest BCUT2D eigenvalue weighted by Gasteiger charge is -2.05. The summed E-state index contributed by atoms with van der Waals surface area (Å²) in [6.07, 6.45) is 0. The highest BCUT2D eigenvalue weighted by molar-refractivity contribution is 7.10. The van der Waals surface area contributed by atoms with Crippen LogP contribution in [0.2, 0.25) is 0 Å². The Bertz CT molecular complexity index is 716. The molecule has 1 aromatic heterocycles. The Morgan fingerprint density at radius 1 is 1.33 bits per heavy atom. The van der Waals surface area contributed by atoms with E-state index in [2.05, 4.69) is 17.2 Å². The second-order valence-electron chi connectivity index (χ2n) is 4.02. The van der Waals surface area contributed by atoms with Crippen molar-refractivity contribution in [1.82, 2.24) is 5.32 Å². The van der Waals surface area contributed by atoms with Crippen molar-refractivity contribution in [2.75, 3.05) is 6.61 Å². The van der Waals surface area contributed by atoms with E-state index in [1.165, 1.54) is 11.3 Å². The number of rotatable bonds is 3. The molecule has 1 heterocycles. The maximum atomic E-state index is 13.5. The predicted molar refractivity (Wildman–Crippen MR) is 75.8 cm³/mol.